The standard InChI is InChI=1S/C56H42Cl2N4O10/c1-5-60-42-23-46-38(19-28(42)3)48(37-18-27(2)31(25-59-4)20-44(37)71-46)49-41(57)22-39(51(58)50(49)56(69)70)54(66)61-24-29-10-12-30(13-11-29)53(65)62-26-40-43(64)17-16-36-47(33-8-6-7-9-34(33)55(67)68)35-15-14-32(63)21-45(35)72-52(36)40/h6-23,60,64H,5,24,26H2,1-4H3,(H,61,66)(H,62,65)(H,67,68)(H,69,70). The summed E-state index contributed by atoms with van der Waals surface area (Å²) in [5.41, 5.74) is 5.18. The van der Waals surface area contributed by atoms with Crippen molar-refractivity contribution < 1.29 is 43.7 Å². The molecule has 0 bridgehead atoms. The van der Waals surface area contributed by atoms with Crippen LogP contribution in [0.3, 0.4) is 0 Å². The van der Waals surface area contributed by atoms with Gasteiger partial charge in [-0.05, 0) is 116 Å². The maximum absolute atomic E-state index is 13.9. The lowest BCUT2D eigenvalue weighted by Gasteiger charge is -2.25. The first-order valence-electron chi connectivity index (χ1n) is 22.5. The fourth-order valence-electron chi connectivity index (χ4n) is 8.98. The predicted molar refractivity (Wildman–Crippen MR) is 275 cm³/mol. The largest absolute Gasteiger partial charge is 0.507 e. The van der Waals surface area contributed by atoms with Gasteiger partial charge in [-0.15, -0.1) is 0 Å². The Bertz CT molecular complexity index is 3820. The second-order valence-electron chi connectivity index (χ2n) is 16.9. The van der Waals surface area contributed by atoms with E-state index in [1.807, 2.05) is 39.0 Å². The van der Waals surface area contributed by atoms with Gasteiger partial charge in [0.15, 0.2) is 5.43 Å². The molecule has 6 aromatic rings. The summed E-state index contributed by atoms with van der Waals surface area (Å²) in [6.45, 7) is 6.15. The number of amides is 2. The summed E-state index contributed by atoms with van der Waals surface area (Å²) in [4.78, 5) is 69.5. The minimum Gasteiger partial charge on any atom is -0.507 e. The molecule has 0 saturated heterocycles. The number of halogens is 2. The number of carboxylic acids is 2. The van der Waals surface area contributed by atoms with Crippen LogP contribution in [0.2, 0.25) is 10.0 Å². The lowest BCUT2D eigenvalue weighted by Crippen LogP contribution is -2.26. The number of aromatic carboxylic acids is 2. The van der Waals surface area contributed by atoms with E-state index in [4.69, 9.17) is 32.4 Å². The van der Waals surface area contributed by atoms with Crippen LogP contribution in [0.1, 0.15) is 81.7 Å². The molecule has 0 atom stereocenters. The molecule has 0 spiro atoms. The van der Waals surface area contributed by atoms with Crippen LogP contribution in [0, 0.1) is 13.8 Å². The van der Waals surface area contributed by atoms with Crippen molar-refractivity contribution in [2.75, 3.05) is 18.9 Å². The van der Waals surface area contributed by atoms with E-state index in [-0.39, 0.29) is 79.0 Å². The molecule has 0 unspecified atom stereocenters. The molecule has 360 valence electrons. The van der Waals surface area contributed by atoms with Crippen molar-refractivity contribution in [3.8, 4) is 39.7 Å². The smallest absolute Gasteiger partial charge is 0.337 e. The van der Waals surface area contributed by atoms with Gasteiger partial charge in [0.1, 0.15) is 28.6 Å². The molecule has 3 aliphatic rings. The number of phenolic OH excluding ortho intramolecular Hbond substituents is 1. The molecule has 2 amide bonds. The van der Waals surface area contributed by atoms with Gasteiger partial charge in [0.2, 0.25) is 0 Å². The molecular weight excluding hydrogens is 960 g/mol. The number of phenols is 1. The molecule has 16 heteroatoms. The average Bonchev–Trinajstić information content (AvgIpc) is 3.35. The van der Waals surface area contributed by atoms with Gasteiger partial charge in [0.25, 0.3) is 11.8 Å². The molecule has 0 fully saturated rings. The van der Waals surface area contributed by atoms with Gasteiger partial charge in [0.05, 0.1) is 38.8 Å². The van der Waals surface area contributed by atoms with Gasteiger partial charge in [-0.3, -0.25) is 14.4 Å². The molecule has 2 heterocycles. The molecule has 2 aliphatic heterocycles. The SMILES string of the molecule is CCNc1cc2c(cc1C)C(c1c(Cl)cc(C(=O)NCc3ccc(C(=O)NCc4c(O)ccc5c(-c6ccccc6C(=O)O)c6ccc(=O)cc-6oc45)cc3)c(Cl)c1C(=O)O)=c1cc(C)c(=C=NC)cc1O2. The number of ether oxygens (including phenoxy) is 1. The van der Waals surface area contributed by atoms with E-state index in [0.29, 0.717) is 67.3 Å². The summed E-state index contributed by atoms with van der Waals surface area (Å²) in [5.74, 6) is -0.0187. The number of benzene rings is 7. The van der Waals surface area contributed by atoms with Gasteiger partial charge >= 0.3 is 11.9 Å². The fraction of sp³-hybridized carbons (Fsp3) is 0.125. The molecule has 0 radical (unpaired) electrons. The van der Waals surface area contributed by atoms with Gasteiger partial charge < -0.3 is 40.4 Å². The molecule has 6 aromatic carbocycles. The lowest BCUT2D eigenvalue weighted by atomic mass is 9.87. The minimum absolute atomic E-state index is 0.0161. The van der Waals surface area contributed by atoms with Crippen molar-refractivity contribution in [2.45, 2.75) is 33.9 Å². The number of nitrogens with zero attached hydrogens (tertiary/aromatic N) is 1. The van der Waals surface area contributed by atoms with Crippen molar-refractivity contribution in [3.05, 3.63) is 196 Å². The summed E-state index contributed by atoms with van der Waals surface area (Å²) in [7, 11) is 1.61. The summed E-state index contributed by atoms with van der Waals surface area (Å²) in [6, 6.07) is 28.6. The fourth-order valence-corrected chi connectivity index (χ4v) is 9.59. The Labute approximate surface area is 420 Å². The number of fused-ring (bicyclic) bond motifs is 4. The van der Waals surface area contributed by atoms with Gasteiger partial charge in [0, 0.05) is 87.2 Å². The average molecular weight is 1000 g/mol. The summed E-state index contributed by atoms with van der Waals surface area (Å²) < 4.78 is 12.6. The van der Waals surface area contributed by atoms with Gasteiger partial charge in [-0.1, -0.05) is 53.5 Å². The van der Waals surface area contributed by atoms with Crippen LogP contribution in [0.25, 0.3) is 39.0 Å². The number of hydrogen-bond acceptors (Lipinski definition) is 10. The maximum atomic E-state index is 13.9. The second kappa shape index (κ2) is 19.6. The third kappa shape index (κ3) is 8.90. The normalized spacial score (nSPS) is 11.6. The number of carbonyl (C=O) groups excluding carboxylic acids is 2. The molecule has 9 rings (SSSR count). The number of aliphatic imine (C=N–C) groups is 1. The number of rotatable bonds is 12. The maximum Gasteiger partial charge on any atom is 0.337 e. The van der Waals surface area contributed by atoms with E-state index < -0.39 is 23.8 Å². The third-order valence-electron chi connectivity index (χ3n) is 12.4. The van der Waals surface area contributed by atoms with Crippen molar-refractivity contribution >= 4 is 75.1 Å². The molecule has 0 aromatic heterocycles. The highest BCUT2D eigenvalue weighted by atomic mass is 35.5. The van der Waals surface area contributed by atoms with E-state index in [0.717, 1.165) is 16.8 Å². The van der Waals surface area contributed by atoms with Crippen molar-refractivity contribution in [3.63, 3.8) is 0 Å². The molecule has 1 aliphatic carbocycles. The van der Waals surface area contributed by atoms with E-state index in [1.54, 1.807) is 55.6 Å². The van der Waals surface area contributed by atoms with Crippen molar-refractivity contribution in [1.29, 1.82) is 0 Å². The lowest BCUT2D eigenvalue weighted by molar-refractivity contribution is 0.0686. The van der Waals surface area contributed by atoms with Gasteiger partial charge in [-0.25, -0.2) is 14.6 Å². The molecule has 0 saturated carbocycles. The van der Waals surface area contributed by atoms with Crippen LogP contribution in [0.4, 0.5) is 5.69 Å². The Balaban J connectivity index is 0.978. The van der Waals surface area contributed by atoms with Crippen LogP contribution < -0.4 is 36.6 Å². The first-order chi connectivity index (χ1) is 34.6. The van der Waals surface area contributed by atoms with E-state index in [9.17, 15) is 39.3 Å². The number of aromatic hydroxyl groups is 1. The van der Waals surface area contributed by atoms with Crippen LogP contribution in [0.5, 0.6) is 17.2 Å². The van der Waals surface area contributed by atoms with E-state index >= 15 is 0 Å². The number of anilines is 1. The first-order valence-corrected chi connectivity index (χ1v) is 23.2. The molecule has 6 N–H and O–H groups in total. The topological polar surface area (TPSA) is 217 Å². The Morgan fingerprint density at radius 2 is 1.49 bits per heavy atom. The zero-order chi connectivity index (χ0) is 51.1. The number of hydrogen-bond donors (Lipinski definition) is 6. The monoisotopic (exact) mass is 1000 g/mol. The Hall–Kier alpha value is -8.68. The van der Waals surface area contributed by atoms with Crippen LogP contribution >= 0.6 is 23.2 Å². The number of carbonyl (C=O) groups is 4. The zero-order valence-corrected chi connectivity index (χ0v) is 40.4. The second-order valence-corrected chi connectivity index (χ2v) is 17.7. The predicted octanol–water partition coefficient (Wildman–Crippen LogP) is 9.21. The highest BCUT2D eigenvalue weighted by Gasteiger charge is 2.32. The Morgan fingerprint density at radius 3 is 2.21 bits per heavy atom. The highest BCUT2D eigenvalue weighted by molar-refractivity contribution is 6.40. The molecule has 72 heavy (non-hydrogen) atoms. The van der Waals surface area contributed by atoms with E-state index in [1.165, 1.54) is 42.5 Å². The van der Waals surface area contributed by atoms with Gasteiger partial charge in [-0.2, -0.15) is 0 Å². The molecule has 14 nitrogen and oxygen atoms in total. The number of aryl methyl sites for hydroxylation is 2. The zero-order valence-electron chi connectivity index (χ0n) is 38.9. The Morgan fingerprint density at radius 1 is 0.736 bits per heavy atom. The Kier molecular flexibility index (Phi) is 13.2. The highest BCUT2D eigenvalue weighted by Crippen LogP contribution is 2.46. The van der Waals surface area contributed by atoms with E-state index in [2.05, 4.69) is 26.8 Å². The third-order valence-corrected chi connectivity index (χ3v) is 13.1. The summed E-state index contributed by atoms with van der Waals surface area (Å²) in [5, 5.41) is 42.1. The van der Waals surface area contributed by atoms with Crippen LogP contribution in [-0.4, -0.2) is 58.5 Å². The van der Waals surface area contributed by atoms with Crippen molar-refractivity contribution in [2.24, 2.45) is 4.99 Å². The minimum atomic E-state index is -1.41. The number of nitrogens with one attached hydrogen (secondary N) is 3. The quantitative estimate of drug-likeness (QED) is 0.0501. The summed E-state index contributed by atoms with van der Waals surface area (Å²) in [6.07, 6.45) is 0. The summed E-state index contributed by atoms with van der Waals surface area (Å²) >= 11 is 14.0. The van der Waals surface area contributed by atoms with Crippen molar-refractivity contribution in [1.82, 2.24) is 10.6 Å². The number of carboxylic acid groups (broad SMARTS) is 2. The van der Waals surface area contributed by atoms with Crippen LogP contribution in [-0.2, 0) is 13.1 Å². The first kappa shape index (κ1) is 48.3. The molecular formula is C56H42Cl2N4O10. The van der Waals surface area contributed by atoms with Crippen LogP contribution in [0.15, 0.2) is 123 Å².